The maximum atomic E-state index is 6.46. The Kier molecular flexibility index (Phi) is 7.17. The third-order valence-electron chi connectivity index (χ3n) is 10.9. The minimum Gasteiger partial charge on any atom is -0.456 e. The maximum absolute atomic E-state index is 6.46. The molecule has 0 bridgehead atoms. The summed E-state index contributed by atoms with van der Waals surface area (Å²) in [6, 6.07) is 71.1. The van der Waals surface area contributed by atoms with Gasteiger partial charge in [0.15, 0.2) is 0 Å². The molecule has 2 aromatic heterocycles. The Bertz CT molecular complexity index is 3240. The molecule has 258 valence electrons. The largest absolute Gasteiger partial charge is 0.456 e. The van der Waals surface area contributed by atoms with Crippen LogP contribution >= 0.6 is 0 Å². The van der Waals surface area contributed by atoms with Crippen molar-refractivity contribution in [2.45, 2.75) is 0 Å². The zero-order valence-electron chi connectivity index (χ0n) is 29.8. The Morgan fingerprint density at radius 2 is 0.818 bits per heavy atom. The molecule has 0 fully saturated rings. The normalized spacial score (nSPS) is 11.6. The first-order valence-corrected chi connectivity index (χ1v) is 18.7. The van der Waals surface area contributed by atoms with Crippen molar-refractivity contribution in [3.8, 4) is 33.4 Å². The average Bonchev–Trinajstić information content (AvgIpc) is 3.81. The fourth-order valence-electron chi connectivity index (χ4n) is 8.24. The van der Waals surface area contributed by atoms with Crippen LogP contribution in [0.3, 0.4) is 0 Å². The van der Waals surface area contributed by atoms with E-state index < -0.39 is 0 Å². The summed E-state index contributed by atoms with van der Waals surface area (Å²) < 4.78 is 12.8. The van der Waals surface area contributed by atoms with Crippen molar-refractivity contribution in [2.75, 3.05) is 4.90 Å². The minimum absolute atomic E-state index is 0.850. The first-order valence-electron chi connectivity index (χ1n) is 18.7. The van der Waals surface area contributed by atoms with E-state index in [9.17, 15) is 0 Å². The van der Waals surface area contributed by atoms with E-state index >= 15 is 0 Å². The van der Waals surface area contributed by atoms with E-state index in [2.05, 4.69) is 181 Å². The Balaban J connectivity index is 1.10. The number of hydrogen-bond acceptors (Lipinski definition) is 3. The molecule has 0 saturated carbocycles. The van der Waals surface area contributed by atoms with Crippen molar-refractivity contribution in [3.63, 3.8) is 0 Å². The van der Waals surface area contributed by atoms with Crippen LogP contribution in [0.15, 0.2) is 209 Å². The van der Waals surface area contributed by atoms with E-state index in [0.29, 0.717) is 0 Å². The molecule has 0 aliphatic rings. The van der Waals surface area contributed by atoms with Gasteiger partial charge in [0.2, 0.25) is 0 Å². The smallest absolute Gasteiger partial charge is 0.137 e. The molecule has 11 aromatic rings. The van der Waals surface area contributed by atoms with Gasteiger partial charge in [0.05, 0.1) is 5.69 Å². The van der Waals surface area contributed by atoms with E-state index in [0.717, 1.165) is 77.6 Å². The molecule has 3 nitrogen and oxygen atoms in total. The van der Waals surface area contributed by atoms with Crippen molar-refractivity contribution in [2.24, 2.45) is 0 Å². The summed E-state index contributed by atoms with van der Waals surface area (Å²) in [5.41, 5.74) is 13.5. The van der Waals surface area contributed by atoms with Gasteiger partial charge in [-0.3, -0.25) is 0 Å². The predicted octanol–water partition coefficient (Wildman–Crippen LogP) is 15.1. The van der Waals surface area contributed by atoms with Crippen LogP contribution < -0.4 is 4.90 Å². The molecule has 0 saturated heterocycles. The highest BCUT2D eigenvalue weighted by Gasteiger charge is 2.21. The molecule has 0 amide bonds. The topological polar surface area (TPSA) is 29.5 Å². The van der Waals surface area contributed by atoms with Gasteiger partial charge >= 0.3 is 0 Å². The van der Waals surface area contributed by atoms with Gasteiger partial charge in [-0.15, -0.1) is 0 Å². The SMILES string of the molecule is c1cc(-c2ccccc2-c2ccc3ccccc3c2)cc(N(c2ccc3c(c2)oc2ccccc23)c2ccccc2-c2ccc3c(c2)oc2ccccc23)c1. The third-order valence-corrected chi connectivity index (χ3v) is 10.9. The second kappa shape index (κ2) is 12.6. The van der Waals surface area contributed by atoms with E-state index in [1.165, 1.54) is 27.5 Å². The van der Waals surface area contributed by atoms with Gasteiger partial charge in [0, 0.05) is 44.5 Å². The molecule has 3 heteroatoms. The summed E-state index contributed by atoms with van der Waals surface area (Å²) in [7, 11) is 0. The van der Waals surface area contributed by atoms with Crippen molar-refractivity contribution in [3.05, 3.63) is 200 Å². The summed E-state index contributed by atoms with van der Waals surface area (Å²) in [6.07, 6.45) is 0. The van der Waals surface area contributed by atoms with Crippen LogP contribution in [0.4, 0.5) is 17.1 Å². The Labute approximate surface area is 317 Å². The lowest BCUT2D eigenvalue weighted by Gasteiger charge is -2.28. The molecule has 55 heavy (non-hydrogen) atoms. The van der Waals surface area contributed by atoms with Crippen LogP contribution in [-0.4, -0.2) is 0 Å². The van der Waals surface area contributed by atoms with E-state index in [-0.39, 0.29) is 0 Å². The number of furan rings is 2. The van der Waals surface area contributed by atoms with E-state index in [1.54, 1.807) is 0 Å². The lowest BCUT2D eigenvalue weighted by molar-refractivity contribution is 0.668. The predicted molar refractivity (Wildman–Crippen MR) is 229 cm³/mol. The van der Waals surface area contributed by atoms with E-state index in [1.807, 2.05) is 24.3 Å². The second-order valence-electron chi connectivity index (χ2n) is 14.1. The lowest BCUT2D eigenvalue weighted by atomic mass is 9.93. The molecule has 0 unspecified atom stereocenters. The van der Waals surface area contributed by atoms with Gasteiger partial charge in [-0.05, 0) is 99.3 Å². The summed E-state index contributed by atoms with van der Waals surface area (Å²) >= 11 is 0. The van der Waals surface area contributed by atoms with Crippen LogP contribution in [0.25, 0.3) is 88.0 Å². The third kappa shape index (κ3) is 5.28. The summed E-state index contributed by atoms with van der Waals surface area (Å²) in [5, 5.41) is 6.91. The minimum atomic E-state index is 0.850. The molecule has 9 aromatic carbocycles. The number of fused-ring (bicyclic) bond motifs is 7. The van der Waals surface area contributed by atoms with Gasteiger partial charge in [-0.2, -0.15) is 0 Å². The monoisotopic (exact) mass is 703 g/mol. The Morgan fingerprint density at radius 3 is 1.58 bits per heavy atom. The standard InChI is InChI=1S/C52H33NO2/c1-2-13-35-30-37(25-24-34(35)12-1)42-17-4-3-16-41(42)36-14-11-15-39(31-36)53(40-27-29-47-45-20-7-10-23-50(45)55-52(47)33-40)48-21-8-5-18-43(48)38-26-28-46-44-19-6-9-22-49(44)54-51(46)32-38/h1-33H. The van der Waals surface area contributed by atoms with Crippen molar-refractivity contribution in [1.82, 2.24) is 0 Å². The van der Waals surface area contributed by atoms with Crippen molar-refractivity contribution in [1.29, 1.82) is 0 Å². The number of rotatable bonds is 6. The number of anilines is 3. The molecule has 0 radical (unpaired) electrons. The molecule has 2 heterocycles. The Morgan fingerprint density at radius 1 is 0.291 bits per heavy atom. The number of hydrogen-bond donors (Lipinski definition) is 0. The summed E-state index contributed by atoms with van der Waals surface area (Å²) in [6.45, 7) is 0. The summed E-state index contributed by atoms with van der Waals surface area (Å²) in [5.74, 6) is 0. The fraction of sp³-hybridized carbons (Fsp3) is 0. The highest BCUT2D eigenvalue weighted by Crippen LogP contribution is 2.45. The van der Waals surface area contributed by atoms with Crippen LogP contribution in [0, 0.1) is 0 Å². The van der Waals surface area contributed by atoms with Gasteiger partial charge in [0.25, 0.3) is 0 Å². The first-order chi connectivity index (χ1) is 27.2. The average molecular weight is 704 g/mol. The highest BCUT2D eigenvalue weighted by atomic mass is 16.3. The molecule has 0 atom stereocenters. The quantitative estimate of drug-likeness (QED) is 0.173. The van der Waals surface area contributed by atoms with E-state index in [4.69, 9.17) is 8.83 Å². The molecule has 0 aliphatic heterocycles. The molecule has 11 rings (SSSR count). The van der Waals surface area contributed by atoms with Crippen LogP contribution in [0.2, 0.25) is 0 Å². The molecule has 0 spiro atoms. The summed E-state index contributed by atoms with van der Waals surface area (Å²) in [4.78, 5) is 2.35. The van der Waals surface area contributed by atoms with Gasteiger partial charge in [-0.25, -0.2) is 0 Å². The van der Waals surface area contributed by atoms with Gasteiger partial charge in [0.1, 0.15) is 22.3 Å². The zero-order valence-corrected chi connectivity index (χ0v) is 29.8. The number of para-hydroxylation sites is 3. The number of benzene rings is 9. The van der Waals surface area contributed by atoms with Crippen molar-refractivity contribution < 1.29 is 8.83 Å². The Hall–Kier alpha value is -7.36. The molecule has 0 N–H and O–H groups in total. The van der Waals surface area contributed by atoms with Crippen LogP contribution in [0.1, 0.15) is 0 Å². The highest BCUT2D eigenvalue weighted by molar-refractivity contribution is 6.08. The molecule has 0 aliphatic carbocycles. The first kappa shape index (κ1) is 31.2. The molecular formula is C52H33NO2. The maximum Gasteiger partial charge on any atom is 0.137 e. The van der Waals surface area contributed by atoms with Crippen molar-refractivity contribution >= 4 is 71.7 Å². The zero-order chi connectivity index (χ0) is 36.3. The molecular weight excluding hydrogens is 671 g/mol. The fourth-order valence-corrected chi connectivity index (χ4v) is 8.24. The van der Waals surface area contributed by atoms with Crippen LogP contribution in [-0.2, 0) is 0 Å². The van der Waals surface area contributed by atoms with Gasteiger partial charge < -0.3 is 13.7 Å². The number of nitrogens with zero attached hydrogens (tertiary/aromatic N) is 1. The lowest BCUT2D eigenvalue weighted by Crippen LogP contribution is -2.11. The van der Waals surface area contributed by atoms with Crippen LogP contribution in [0.5, 0.6) is 0 Å². The second-order valence-corrected chi connectivity index (χ2v) is 14.1. The van der Waals surface area contributed by atoms with Gasteiger partial charge in [-0.1, -0.05) is 133 Å².